The van der Waals surface area contributed by atoms with E-state index in [1.165, 1.54) is 11.3 Å². The van der Waals surface area contributed by atoms with Crippen molar-refractivity contribution < 1.29 is 4.42 Å². The highest BCUT2D eigenvalue weighted by molar-refractivity contribution is 7.13. The minimum Gasteiger partial charge on any atom is -0.462 e. The SMILES string of the molecule is N#C/C(=C/c1csc(-c2ccco2)n1)c1ccccn1. The first-order valence-electron chi connectivity index (χ1n) is 5.89. The zero-order chi connectivity index (χ0) is 13.8. The van der Waals surface area contributed by atoms with Crippen LogP contribution in [0.25, 0.3) is 22.4 Å². The van der Waals surface area contributed by atoms with Gasteiger partial charge in [0.05, 0.1) is 23.2 Å². The molecule has 0 bridgehead atoms. The Bertz CT molecular complexity index is 767. The molecule has 3 heterocycles. The van der Waals surface area contributed by atoms with E-state index in [0.29, 0.717) is 11.3 Å². The van der Waals surface area contributed by atoms with E-state index in [1.54, 1.807) is 24.6 Å². The van der Waals surface area contributed by atoms with Gasteiger partial charge in [0.15, 0.2) is 10.8 Å². The zero-order valence-corrected chi connectivity index (χ0v) is 11.2. The van der Waals surface area contributed by atoms with Crippen molar-refractivity contribution in [3.05, 3.63) is 59.6 Å². The maximum Gasteiger partial charge on any atom is 0.162 e. The van der Waals surface area contributed by atoms with Gasteiger partial charge in [0.2, 0.25) is 0 Å². The number of nitrogens with zero attached hydrogens (tertiary/aromatic N) is 3. The predicted octanol–water partition coefficient (Wildman–Crippen LogP) is 3.86. The van der Waals surface area contributed by atoms with Gasteiger partial charge in [-0.2, -0.15) is 5.26 Å². The van der Waals surface area contributed by atoms with E-state index < -0.39 is 0 Å². The summed E-state index contributed by atoms with van der Waals surface area (Å²) in [6.07, 6.45) is 5.00. The number of thiazole rings is 1. The lowest BCUT2D eigenvalue weighted by Gasteiger charge is -1.95. The van der Waals surface area contributed by atoms with Crippen LogP contribution in [0.2, 0.25) is 0 Å². The molecule has 0 aromatic carbocycles. The van der Waals surface area contributed by atoms with Crippen molar-refractivity contribution in [2.45, 2.75) is 0 Å². The standard InChI is InChI=1S/C15H9N3OS/c16-9-11(13-4-1-2-6-17-13)8-12-10-20-15(18-12)14-5-3-7-19-14/h1-8,10H/b11-8-. The van der Waals surface area contributed by atoms with Crippen molar-refractivity contribution in [3.8, 4) is 16.8 Å². The molecule has 0 aliphatic rings. The monoisotopic (exact) mass is 279 g/mol. The number of pyridine rings is 1. The molecule has 0 spiro atoms. The average Bonchev–Trinajstić information content (AvgIpc) is 3.16. The van der Waals surface area contributed by atoms with Crippen LogP contribution in [0.3, 0.4) is 0 Å². The molecule has 5 heteroatoms. The Balaban J connectivity index is 1.94. The number of furan rings is 1. The summed E-state index contributed by atoms with van der Waals surface area (Å²) in [7, 11) is 0. The predicted molar refractivity (Wildman–Crippen MR) is 77.5 cm³/mol. The van der Waals surface area contributed by atoms with Gasteiger partial charge in [-0.15, -0.1) is 11.3 Å². The van der Waals surface area contributed by atoms with Gasteiger partial charge in [0, 0.05) is 11.6 Å². The first-order valence-corrected chi connectivity index (χ1v) is 6.77. The highest BCUT2D eigenvalue weighted by Crippen LogP contribution is 2.25. The van der Waals surface area contributed by atoms with E-state index in [-0.39, 0.29) is 0 Å². The molecule has 0 atom stereocenters. The number of nitriles is 1. The topological polar surface area (TPSA) is 62.7 Å². The minimum atomic E-state index is 0.488. The second-order valence-corrected chi connectivity index (χ2v) is 4.80. The number of hydrogen-bond acceptors (Lipinski definition) is 5. The Labute approximate surface area is 119 Å². The van der Waals surface area contributed by atoms with E-state index in [4.69, 9.17) is 4.42 Å². The molecule has 0 aliphatic carbocycles. The second-order valence-electron chi connectivity index (χ2n) is 3.94. The van der Waals surface area contributed by atoms with E-state index in [1.807, 2.05) is 29.6 Å². The Morgan fingerprint density at radius 2 is 2.25 bits per heavy atom. The molecule has 0 amide bonds. The third kappa shape index (κ3) is 2.51. The van der Waals surface area contributed by atoms with Gasteiger partial charge < -0.3 is 4.42 Å². The van der Waals surface area contributed by atoms with Crippen LogP contribution in [0, 0.1) is 11.3 Å². The van der Waals surface area contributed by atoms with Crippen LogP contribution in [0.1, 0.15) is 11.4 Å². The number of aromatic nitrogens is 2. The molecule has 3 aromatic rings. The van der Waals surface area contributed by atoms with Crippen LogP contribution in [-0.2, 0) is 0 Å². The summed E-state index contributed by atoms with van der Waals surface area (Å²) in [5.74, 6) is 0.728. The number of rotatable bonds is 3. The number of hydrogen-bond donors (Lipinski definition) is 0. The fourth-order valence-corrected chi connectivity index (χ4v) is 2.44. The normalized spacial score (nSPS) is 11.2. The molecule has 0 N–H and O–H groups in total. The Kier molecular flexibility index (Phi) is 3.40. The summed E-state index contributed by atoms with van der Waals surface area (Å²) in [6.45, 7) is 0. The molecule has 0 fully saturated rings. The Hall–Kier alpha value is -2.71. The smallest absolute Gasteiger partial charge is 0.162 e. The largest absolute Gasteiger partial charge is 0.462 e. The van der Waals surface area contributed by atoms with Gasteiger partial charge in [-0.05, 0) is 30.3 Å². The molecule has 20 heavy (non-hydrogen) atoms. The summed E-state index contributed by atoms with van der Waals surface area (Å²) >= 11 is 1.48. The summed E-state index contributed by atoms with van der Waals surface area (Å²) in [6, 6.07) is 11.3. The minimum absolute atomic E-state index is 0.488. The maximum atomic E-state index is 9.23. The first kappa shape index (κ1) is 12.3. The van der Waals surface area contributed by atoms with Crippen LogP contribution in [0.5, 0.6) is 0 Å². The summed E-state index contributed by atoms with van der Waals surface area (Å²) in [4.78, 5) is 8.60. The van der Waals surface area contributed by atoms with Crippen molar-refractivity contribution in [2.75, 3.05) is 0 Å². The Morgan fingerprint density at radius 3 is 2.95 bits per heavy atom. The van der Waals surface area contributed by atoms with Gasteiger partial charge in [0.25, 0.3) is 0 Å². The lowest BCUT2D eigenvalue weighted by molar-refractivity contribution is 0.582. The van der Waals surface area contributed by atoms with Crippen LogP contribution in [0.4, 0.5) is 0 Å². The molecule has 0 radical (unpaired) electrons. The van der Waals surface area contributed by atoms with Crippen molar-refractivity contribution >= 4 is 23.0 Å². The summed E-state index contributed by atoms with van der Waals surface area (Å²) in [5, 5.41) is 11.9. The van der Waals surface area contributed by atoms with Gasteiger partial charge >= 0.3 is 0 Å². The molecule has 0 saturated heterocycles. The third-order valence-corrected chi connectivity index (χ3v) is 3.48. The van der Waals surface area contributed by atoms with E-state index in [9.17, 15) is 5.26 Å². The summed E-state index contributed by atoms with van der Waals surface area (Å²) in [5.41, 5.74) is 1.85. The highest BCUT2D eigenvalue weighted by Gasteiger charge is 2.07. The first-order chi connectivity index (χ1) is 9.86. The van der Waals surface area contributed by atoms with Gasteiger partial charge in [0.1, 0.15) is 6.07 Å². The van der Waals surface area contributed by atoms with E-state index >= 15 is 0 Å². The van der Waals surface area contributed by atoms with Crippen molar-refractivity contribution in [1.29, 1.82) is 5.26 Å². The third-order valence-electron chi connectivity index (χ3n) is 2.61. The maximum absolute atomic E-state index is 9.23. The fourth-order valence-electron chi connectivity index (χ4n) is 1.70. The van der Waals surface area contributed by atoms with Crippen LogP contribution in [0.15, 0.2) is 52.6 Å². The molecule has 0 saturated carbocycles. The second kappa shape index (κ2) is 5.51. The van der Waals surface area contributed by atoms with Crippen molar-refractivity contribution in [2.24, 2.45) is 0 Å². The average molecular weight is 279 g/mol. The molecular formula is C15H9N3OS. The van der Waals surface area contributed by atoms with Crippen LogP contribution < -0.4 is 0 Å². The molecular weight excluding hydrogens is 270 g/mol. The quantitative estimate of drug-likeness (QED) is 0.683. The van der Waals surface area contributed by atoms with Crippen molar-refractivity contribution in [1.82, 2.24) is 9.97 Å². The fraction of sp³-hybridized carbons (Fsp3) is 0. The van der Waals surface area contributed by atoms with Crippen molar-refractivity contribution in [3.63, 3.8) is 0 Å². The molecule has 96 valence electrons. The molecule has 3 rings (SSSR count). The molecule has 3 aromatic heterocycles. The van der Waals surface area contributed by atoms with Crippen LogP contribution in [-0.4, -0.2) is 9.97 Å². The lowest BCUT2D eigenvalue weighted by Crippen LogP contribution is -1.86. The van der Waals surface area contributed by atoms with E-state index in [0.717, 1.165) is 16.5 Å². The lowest BCUT2D eigenvalue weighted by atomic mass is 10.1. The van der Waals surface area contributed by atoms with Gasteiger partial charge in [-0.1, -0.05) is 6.07 Å². The summed E-state index contributed by atoms with van der Waals surface area (Å²) < 4.78 is 5.30. The van der Waals surface area contributed by atoms with Gasteiger partial charge in [-0.25, -0.2) is 4.98 Å². The molecule has 0 unspecified atom stereocenters. The Morgan fingerprint density at radius 1 is 1.30 bits per heavy atom. The number of allylic oxidation sites excluding steroid dienone is 1. The zero-order valence-electron chi connectivity index (χ0n) is 10.4. The van der Waals surface area contributed by atoms with Crippen LogP contribution >= 0.6 is 11.3 Å². The molecule has 0 aliphatic heterocycles. The molecule has 4 nitrogen and oxygen atoms in total. The van der Waals surface area contributed by atoms with E-state index in [2.05, 4.69) is 16.0 Å². The highest BCUT2D eigenvalue weighted by atomic mass is 32.1. The van der Waals surface area contributed by atoms with Gasteiger partial charge in [-0.3, -0.25) is 4.98 Å².